The average molecular weight is 312 g/mol. The van der Waals surface area contributed by atoms with Crippen molar-refractivity contribution in [1.82, 2.24) is 0 Å². The van der Waals surface area contributed by atoms with Gasteiger partial charge in [-0.25, -0.2) is 4.79 Å². The van der Waals surface area contributed by atoms with Crippen molar-refractivity contribution in [3.8, 4) is 5.75 Å². The van der Waals surface area contributed by atoms with Gasteiger partial charge in [-0.05, 0) is 52.2 Å². The van der Waals surface area contributed by atoms with E-state index < -0.39 is 5.63 Å². The molecule has 0 aliphatic heterocycles. The molecule has 0 spiro atoms. The third-order valence-corrected chi connectivity index (χ3v) is 3.95. The van der Waals surface area contributed by atoms with Crippen LogP contribution in [0.25, 0.3) is 11.0 Å². The average Bonchev–Trinajstić information content (AvgIpc) is 2.46. The van der Waals surface area contributed by atoms with E-state index in [4.69, 9.17) is 4.42 Å². The van der Waals surface area contributed by atoms with E-state index >= 15 is 0 Å². The second-order valence-corrected chi connectivity index (χ2v) is 6.24. The molecule has 0 atom stereocenters. The Morgan fingerprint density at radius 1 is 1.22 bits per heavy atom. The minimum absolute atomic E-state index is 0.0442. The minimum Gasteiger partial charge on any atom is -0.507 e. The lowest BCUT2D eigenvalue weighted by atomic mass is 10.0. The van der Waals surface area contributed by atoms with E-state index in [0.717, 1.165) is 18.4 Å². The quantitative estimate of drug-likeness (QED) is 0.621. The molecule has 0 radical (unpaired) electrons. The number of fused-ring (bicyclic) bond motifs is 1. The maximum absolute atomic E-state index is 12.1. The van der Waals surface area contributed by atoms with E-state index in [2.05, 4.69) is 19.9 Å². The van der Waals surface area contributed by atoms with Crippen LogP contribution < -0.4 is 5.63 Å². The van der Waals surface area contributed by atoms with Gasteiger partial charge in [0.05, 0.1) is 10.9 Å². The Bertz CT molecular complexity index is 819. The largest absolute Gasteiger partial charge is 0.507 e. The van der Waals surface area contributed by atoms with E-state index in [9.17, 15) is 9.90 Å². The molecule has 1 aromatic carbocycles. The number of hydrogen-bond donors (Lipinski definition) is 1. The predicted molar refractivity (Wildman–Crippen MR) is 95.0 cm³/mol. The van der Waals surface area contributed by atoms with Crippen LogP contribution in [0.3, 0.4) is 0 Å². The minimum atomic E-state index is -0.464. The van der Waals surface area contributed by atoms with E-state index in [-0.39, 0.29) is 5.75 Å². The van der Waals surface area contributed by atoms with Crippen molar-refractivity contribution in [3.63, 3.8) is 0 Å². The lowest BCUT2D eigenvalue weighted by Crippen LogP contribution is -2.07. The van der Waals surface area contributed by atoms with Crippen LogP contribution in [0.15, 0.2) is 50.7 Å². The highest BCUT2D eigenvalue weighted by molar-refractivity contribution is 5.87. The maximum Gasteiger partial charge on any atom is 0.343 e. The van der Waals surface area contributed by atoms with Crippen molar-refractivity contribution in [2.45, 2.75) is 47.0 Å². The Labute approximate surface area is 137 Å². The molecule has 1 heterocycles. The highest BCUT2D eigenvalue weighted by Crippen LogP contribution is 2.29. The molecular weight excluding hydrogens is 288 g/mol. The number of allylic oxidation sites excluding steroid dienone is 4. The Morgan fingerprint density at radius 2 is 1.96 bits per heavy atom. The molecule has 1 aromatic heterocycles. The second kappa shape index (κ2) is 7.32. The molecule has 0 fully saturated rings. The summed E-state index contributed by atoms with van der Waals surface area (Å²) >= 11 is 0. The first-order valence-electron chi connectivity index (χ1n) is 7.93. The molecule has 0 saturated carbocycles. The number of aryl methyl sites for hydroxylation is 1. The van der Waals surface area contributed by atoms with Gasteiger partial charge >= 0.3 is 5.63 Å². The molecule has 2 rings (SSSR count). The summed E-state index contributed by atoms with van der Waals surface area (Å²) < 4.78 is 5.35. The molecule has 0 bridgehead atoms. The predicted octanol–water partition coefficient (Wildman–Crippen LogP) is 5.04. The molecule has 122 valence electrons. The van der Waals surface area contributed by atoms with Gasteiger partial charge in [0.2, 0.25) is 0 Å². The summed E-state index contributed by atoms with van der Waals surface area (Å²) in [5.41, 5.74) is 3.70. The Morgan fingerprint density at radius 3 is 2.65 bits per heavy atom. The van der Waals surface area contributed by atoms with Crippen molar-refractivity contribution in [2.75, 3.05) is 0 Å². The van der Waals surface area contributed by atoms with E-state index in [1.165, 1.54) is 11.1 Å². The molecule has 0 aliphatic rings. The molecule has 3 heteroatoms. The number of hydrogen-bond acceptors (Lipinski definition) is 3. The van der Waals surface area contributed by atoms with Crippen LogP contribution in [0.1, 0.15) is 44.7 Å². The summed E-state index contributed by atoms with van der Waals surface area (Å²) in [4.78, 5) is 12.1. The summed E-state index contributed by atoms with van der Waals surface area (Å²) in [6.07, 6.45) is 6.52. The third-order valence-electron chi connectivity index (χ3n) is 3.95. The van der Waals surface area contributed by atoms with Gasteiger partial charge in [0.25, 0.3) is 0 Å². The summed E-state index contributed by atoms with van der Waals surface area (Å²) in [6.45, 7) is 8.11. The molecule has 1 N–H and O–H groups in total. The topological polar surface area (TPSA) is 50.4 Å². The standard InChI is InChI=1S/C20H24O3/c1-13(2)7-5-8-14(3)11-12-16-19(21)18-15(4)9-6-10-17(18)23-20(16)22/h6-7,9-11,21H,5,8,12H2,1-4H3. The van der Waals surface area contributed by atoms with Crippen LogP contribution >= 0.6 is 0 Å². The zero-order valence-corrected chi connectivity index (χ0v) is 14.3. The van der Waals surface area contributed by atoms with Crippen molar-refractivity contribution in [1.29, 1.82) is 0 Å². The summed E-state index contributed by atoms with van der Waals surface area (Å²) in [7, 11) is 0. The van der Waals surface area contributed by atoms with Gasteiger partial charge in [-0.15, -0.1) is 0 Å². The lowest BCUT2D eigenvalue weighted by molar-refractivity contribution is 0.459. The van der Waals surface area contributed by atoms with E-state index in [0.29, 0.717) is 23.0 Å². The smallest absolute Gasteiger partial charge is 0.343 e. The van der Waals surface area contributed by atoms with Crippen molar-refractivity contribution in [2.24, 2.45) is 0 Å². The number of aromatic hydroxyl groups is 1. The summed E-state index contributed by atoms with van der Waals surface area (Å²) in [5, 5.41) is 11.1. The first-order valence-corrected chi connectivity index (χ1v) is 7.93. The molecular formula is C20H24O3. The van der Waals surface area contributed by atoms with Crippen molar-refractivity contribution in [3.05, 3.63) is 63.0 Å². The van der Waals surface area contributed by atoms with Crippen molar-refractivity contribution < 1.29 is 9.52 Å². The van der Waals surface area contributed by atoms with Crippen LogP contribution in [0.2, 0.25) is 0 Å². The highest BCUT2D eigenvalue weighted by Gasteiger charge is 2.14. The summed E-state index contributed by atoms with van der Waals surface area (Å²) in [5.74, 6) is 0.0442. The number of benzene rings is 1. The zero-order valence-electron chi connectivity index (χ0n) is 14.3. The second-order valence-electron chi connectivity index (χ2n) is 6.24. The Hall–Kier alpha value is -2.29. The fourth-order valence-corrected chi connectivity index (χ4v) is 2.59. The van der Waals surface area contributed by atoms with Crippen LogP contribution in [0.5, 0.6) is 5.75 Å². The van der Waals surface area contributed by atoms with Crippen LogP contribution in [0, 0.1) is 6.92 Å². The van der Waals surface area contributed by atoms with Gasteiger partial charge in [-0.2, -0.15) is 0 Å². The SMILES string of the molecule is CC(C)=CCCC(C)=CCc1c(O)c2c(C)cccc2oc1=O. The van der Waals surface area contributed by atoms with Gasteiger partial charge in [0, 0.05) is 6.42 Å². The fraction of sp³-hybridized carbons (Fsp3) is 0.350. The monoisotopic (exact) mass is 312 g/mol. The first kappa shape index (κ1) is 17.1. The van der Waals surface area contributed by atoms with E-state index in [1.807, 2.05) is 32.1 Å². The molecule has 23 heavy (non-hydrogen) atoms. The van der Waals surface area contributed by atoms with Gasteiger partial charge in [-0.1, -0.05) is 35.4 Å². The molecule has 0 amide bonds. The molecule has 3 nitrogen and oxygen atoms in total. The molecule has 0 aliphatic carbocycles. The van der Waals surface area contributed by atoms with Gasteiger partial charge in [0.15, 0.2) is 0 Å². The third kappa shape index (κ3) is 4.13. The molecule has 0 saturated heterocycles. The maximum atomic E-state index is 12.1. The molecule has 0 unspecified atom stereocenters. The van der Waals surface area contributed by atoms with Crippen LogP contribution in [0.4, 0.5) is 0 Å². The Balaban J connectivity index is 2.28. The van der Waals surface area contributed by atoms with Gasteiger partial charge < -0.3 is 9.52 Å². The highest BCUT2D eigenvalue weighted by atomic mass is 16.4. The lowest BCUT2D eigenvalue weighted by Gasteiger charge is -2.07. The van der Waals surface area contributed by atoms with Crippen LogP contribution in [-0.2, 0) is 6.42 Å². The normalized spacial score (nSPS) is 11.7. The van der Waals surface area contributed by atoms with Crippen molar-refractivity contribution >= 4 is 11.0 Å². The van der Waals surface area contributed by atoms with Gasteiger partial charge in [-0.3, -0.25) is 0 Å². The Kier molecular flexibility index (Phi) is 5.43. The summed E-state index contributed by atoms with van der Waals surface area (Å²) in [6, 6.07) is 5.41. The van der Waals surface area contributed by atoms with Gasteiger partial charge in [0.1, 0.15) is 11.3 Å². The number of rotatable bonds is 5. The van der Waals surface area contributed by atoms with Crippen LogP contribution in [-0.4, -0.2) is 5.11 Å². The first-order chi connectivity index (χ1) is 10.9. The fourth-order valence-electron chi connectivity index (χ4n) is 2.59. The zero-order chi connectivity index (χ0) is 17.0. The van der Waals surface area contributed by atoms with E-state index in [1.54, 1.807) is 6.07 Å². The molecule has 2 aromatic rings.